The molecule has 0 bridgehead atoms. The van der Waals surface area contributed by atoms with Crippen LogP contribution in [0.4, 0.5) is 0 Å². The van der Waals surface area contributed by atoms with Gasteiger partial charge in [-0.3, -0.25) is 0 Å². The predicted octanol–water partition coefficient (Wildman–Crippen LogP) is 2.58. The van der Waals surface area contributed by atoms with Crippen LogP contribution in [0.5, 0.6) is 0 Å². The van der Waals surface area contributed by atoms with E-state index >= 15 is 0 Å². The van der Waals surface area contributed by atoms with Crippen LogP contribution in [0.25, 0.3) is 6.08 Å². The van der Waals surface area contributed by atoms with E-state index in [-0.39, 0.29) is 5.41 Å². The Balaban J connectivity index is 2.64. The highest BCUT2D eigenvalue weighted by molar-refractivity contribution is 5.59. The Kier molecular flexibility index (Phi) is 0.890. The molecule has 0 saturated carbocycles. The van der Waals surface area contributed by atoms with Crippen LogP contribution in [0, 0.1) is 0 Å². The van der Waals surface area contributed by atoms with Gasteiger partial charge < -0.3 is 4.42 Å². The van der Waals surface area contributed by atoms with Crippen LogP contribution in [0.15, 0.2) is 22.8 Å². The van der Waals surface area contributed by atoms with E-state index in [1.165, 1.54) is 5.56 Å². The minimum Gasteiger partial charge on any atom is -0.465 e. The molecule has 0 fully saturated rings. The molecule has 1 aromatic rings. The van der Waals surface area contributed by atoms with Crippen LogP contribution in [0.2, 0.25) is 0 Å². The first-order valence-electron chi connectivity index (χ1n) is 3.47. The van der Waals surface area contributed by atoms with E-state index in [4.69, 9.17) is 4.42 Å². The van der Waals surface area contributed by atoms with Crippen molar-refractivity contribution in [1.29, 1.82) is 0 Å². The van der Waals surface area contributed by atoms with Crippen molar-refractivity contribution in [3.05, 3.63) is 29.7 Å². The molecule has 0 amide bonds. The Labute approximate surface area is 60.4 Å². The zero-order valence-electron chi connectivity index (χ0n) is 6.22. The van der Waals surface area contributed by atoms with Gasteiger partial charge in [-0.1, -0.05) is 19.9 Å². The number of fused-ring (bicyclic) bond motifs is 1. The highest BCUT2D eigenvalue weighted by Crippen LogP contribution is 2.35. The summed E-state index contributed by atoms with van der Waals surface area (Å²) in [5, 5.41) is 0. The van der Waals surface area contributed by atoms with Gasteiger partial charge in [0, 0.05) is 11.0 Å². The first-order chi connectivity index (χ1) is 4.70. The lowest BCUT2D eigenvalue weighted by molar-refractivity contribution is 0.550. The van der Waals surface area contributed by atoms with Gasteiger partial charge in [0.1, 0.15) is 5.76 Å². The molecule has 0 saturated heterocycles. The highest BCUT2D eigenvalue weighted by Gasteiger charge is 2.26. The fourth-order valence-electron chi connectivity index (χ4n) is 1.36. The topological polar surface area (TPSA) is 13.1 Å². The summed E-state index contributed by atoms with van der Waals surface area (Å²) in [6.45, 7) is 4.37. The number of hydrogen-bond donors (Lipinski definition) is 0. The maximum absolute atomic E-state index is 5.22. The van der Waals surface area contributed by atoms with Crippen LogP contribution >= 0.6 is 0 Å². The second-order valence-electron chi connectivity index (χ2n) is 3.25. The van der Waals surface area contributed by atoms with Crippen molar-refractivity contribution >= 4 is 6.08 Å². The zero-order chi connectivity index (χ0) is 7.19. The van der Waals surface area contributed by atoms with Crippen molar-refractivity contribution in [3.8, 4) is 0 Å². The molecular weight excluding hydrogens is 124 g/mol. The highest BCUT2D eigenvalue weighted by atomic mass is 16.3. The fourth-order valence-corrected chi connectivity index (χ4v) is 1.36. The van der Waals surface area contributed by atoms with Gasteiger partial charge in [-0.05, 0) is 12.1 Å². The number of rotatable bonds is 0. The minimum absolute atomic E-state index is 0.183. The standard InChI is InChI=1S/C9H10O/c1-9(2)5-3-8-7(9)4-6-10-8/h3-6H,1-2H3. The molecule has 0 radical (unpaired) electrons. The largest absolute Gasteiger partial charge is 0.465 e. The average molecular weight is 134 g/mol. The van der Waals surface area contributed by atoms with E-state index in [1.54, 1.807) is 6.26 Å². The maximum atomic E-state index is 5.22. The van der Waals surface area contributed by atoms with Gasteiger partial charge in [-0.2, -0.15) is 0 Å². The van der Waals surface area contributed by atoms with E-state index < -0.39 is 0 Å². The molecule has 0 aliphatic heterocycles. The van der Waals surface area contributed by atoms with Crippen molar-refractivity contribution in [2.45, 2.75) is 19.3 Å². The van der Waals surface area contributed by atoms with Crippen molar-refractivity contribution in [1.82, 2.24) is 0 Å². The summed E-state index contributed by atoms with van der Waals surface area (Å²) in [6, 6.07) is 2.04. The van der Waals surface area contributed by atoms with Gasteiger partial charge in [-0.25, -0.2) is 0 Å². The van der Waals surface area contributed by atoms with Crippen molar-refractivity contribution < 1.29 is 4.42 Å². The SMILES string of the molecule is CC1(C)C=Cc2occc21. The molecule has 1 nitrogen and oxygen atoms in total. The third kappa shape index (κ3) is 0.576. The van der Waals surface area contributed by atoms with Gasteiger partial charge in [0.05, 0.1) is 6.26 Å². The molecule has 0 atom stereocenters. The third-order valence-electron chi connectivity index (χ3n) is 2.04. The average Bonchev–Trinajstić information content (AvgIpc) is 2.36. The van der Waals surface area contributed by atoms with Crippen molar-refractivity contribution in [2.75, 3.05) is 0 Å². The monoisotopic (exact) mass is 134 g/mol. The lowest BCUT2D eigenvalue weighted by Gasteiger charge is -2.13. The summed E-state index contributed by atoms with van der Waals surface area (Å²) >= 11 is 0. The molecule has 1 aliphatic carbocycles. The van der Waals surface area contributed by atoms with Crippen LogP contribution in [-0.2, 0) is 5.41 Å². The molecule has 0 spiro atoms. The van der Waals surface area contributed by atoms with Gasteiger partial charge in [0.25, 0.3) is 0 Å². The van der Waals surface area contributed by atoms with E-state index in [9.17, 15) is 0 Å². The first kappa shape index (κ1) is 5.78. The predicted molar refractivity (Wildman–Crippen MR) is 40.8 cm³/mol. The summed E-state index contributed by atoms with van der Waals surface area (Å²) in [7, 11) is 0. The van der Waals surface area contributed by atoms with Crippen LogP contribution in [0.3, 0.4) is 0 Å². The lowest BCUT2D eigenvalue weighted by atomic mass is 9.89. The molecule has 1 heterocycles. The number of furan rings is 1. The van der Waals surface area contributed by atoms with E-state index in [2.05, 4.69) is 19.9 Å². The summed E-state index contributed by atoms with van der Waals surface area (Å²) in [4.78, 5) is 0. The Morgan fingerprint density at radius 1 is 1.40 bits per heavy atom. The maximum Gasteiger partial charge on any atom is 0.130 e. The molecule has 0 unspecified atom stereocenters. The third-order valence-corrected chi connectivity index (χ3v) is 2.04. The second-order valence-corrected chi connectivity index (χ2v) is 3.25. The van der Waals surface area contributed by atoms with Gasteiger partial charge >= 0.3 is 0 Å². The summed E-state index contributed by atoms with van der Waals surface area (Å²) in [5.41, 5.74) is 1.48. The van der Waals surface area contributed by atoms with Crippen LogP contribution in [0.1, 0.15) is 25.2 Å². The van der Waals surface area contributed by atoms with Gasteiger partial charge in [0.2, 0.25) is 0 Å². The molecule has 2 rings (SSSR count). The molecular formula is C9H10O. The first-order valence-corrected chi connectivity index (χ1v) is 3.47. The van der Waals surface area contributed by atoms with Gasteiger partial charge in [0.15, 0.2) is 0 Å². The summed E-state index contributed by atoms with van der Waals surface area (Å²) in [6.07, 6.45) is 5.95. The fraction of sp³-hybridized carbons (Fsp3) is 0.333. The van der Waals surface area contributed by atoms with E-state index in [0.29, 0.717) is 0 Å². The normalized spacial score (nSPS) is 19.4. The van der Waals surface area contributed by atoms with E-state index in [0.717, 1.165) is 5.76 Å². The Morgan fingerprint density at radius 2 is 2.20 bits per heavy atom. The summed E-state index contributed by atoms with van der Waals surface area (Å²) in [5.74, 6) is 1.02. The Bertz CT molecular complexity index is 279. The molecule has 10 heavy (non-hydrogen) atoms. The van der Waals surface area contributed by atoms with Gasteiger partial charge in [-0.15, -0.1) is 0 Å². The lowest BCUT2D eigenvalue weighted by Crippen LogP contribution is -2.08. The molecule has 1 aromatic heterocycles. The van der Waals surface area contributed by atoms with E-state index in [1.807, 2.05) is 12.1 Å². The van der Waals surface area contributed by atoms with Crippen molar-refractivity contribution in [2.24, 2.45) is 0 Å². The number of hydrogen-bond acceptors (Lipinski definition) is 1. The minimum atomic E-state index is 0.183. The second kappa shape index (κ2) is 1.54. The molecule has 1 heteroatoms. The smallest absolute Gasteiger partial charge is 0.130 e. The molecule has 0 N–H and O–H groups in total. The summed E-state index contributed by atoms with van der Waals surface area (Å²) < 4.78 is 5.22. The quantitative estimate of drug-likeness (QED) is 0.531. The van der Waals surface area contributed by atoms with Crippen molar-refractivity contribution in [3.63, 3.8) is 0 Å². The molecule has 52 valence electrons. The molecule has 0 aromatic carbocycles. The Hall–Kier alpha value is -0.980. The zero-order valence-corrected chi connectivity index (χ0v) is 6.22. The van der Waals surface area contributed by atoms with Crippen LogP contribution in [-0.4, -0.2) is 0 Å². The van der Waals surface area contributed by atoms with Crippen LogP contribution < -0.4 is 0 Å². The number of allylic oxidation sites excluding steroid dienone is 1. The Morgan fingerprint density at radius 3 is 2.90 bits per heavy atom. The molecule has 1 aliphatic rings.